The van der Waals surface area contributed by atoms with E-state index in [2.05, 4.69) is 0 Å². The van der Waals surface area contributed by atoms with Crippen molar-refractivity contribution in [2.75, 3.05) is 5.32 Å². The maximum Gasteiger partial charge on any atom is 0.383 e. The molecule has 0 aliphatic carbocycles. The van der Waals surface area contributed by atoms with Crippen molar-refractivity contribution in [2.24, 2.45) is 0 Å². The van der Waals surface area contributed by atoms with Crippen molar-refractivity contribution in [3.63, 3.8) is 0 Å². The summed E-state index contributed by atoms with van der Waals surface area (Å²) in [6.45, 7) is 0. The monoisotopic (exact) mass is 273 g/mol. The minimum atomic E-state index is -4.82. The topological polar surface area (TPSA) is 29.1 Å². The van der Waals surface area contributed by atoms with Crippen molar-refractivity contribution < 1.29 is 26.7 Å². The Kier molecular flexibility index (Phi) is 3.92. The van der Waals surface area contributed by atoms with Crippen molar-refractivity contribution in [3.05, 3.63) is 29.0 Å². The Morgan fingerprint density at radius 3 is 2.41 bits per heavy atom. The molecule has 17 heavy (non-hydrogen) atoms. The van der Waals surface area contributed by atoms with E-state index in [0.717, 1.165) is 18.2 Å². The van der Waals surface area contributed by atoms with Gasteiger partial charge >= 0.3 is 18.3 Å². The number of carbonyl (C=O) groups excluding carboxylic acids is 1. The molecule has 1 aromatic rings. The van der Waals surface area contributed by atoms with Crippen molar-refractivity contribution >= 4 is 23.2 Å². The van der Waals surface area contributed by atoms with E-state index in [1.807, 2.05) is 0 Å². The van der Waals surface area contributed by atoms with Crippen molar-refractivity contribution in [1.82, 2.24) is 0 Å². The summed E-state index contributed by atoms with van der Waals surface area (Å²) in [5, 5.41) is 1.08. The Morgan fingerprint density at radius 1 is 1.35 bits per heavy atom. The first-order valence-electron chi connectivity index (χ1n) is 4.17. The third kappa shape index (κ3) is 3.06. The van der Waals surface area contributed by atoms with Gasteiger partial charge in [-0.3, -0.25) is 4.79 Å². The zero-order valence-corrected chi connectivity index (χ0v) is 8.74. The predicted molar refractivity (Wildman–Crippen MR) is 51.0 cm³/mol. The van der Waals surface area contributed by atoms with E-state index in [1.165, 1.54) is 5.32 Å². The summed E-state index contributed by atoms with van der Waals surface area (Å²) in [7, 11) is 0. The van der Waals surface area contributed by atoms with Crippen LogP contribution >= 0.6 is 11.6 Å². The van der Waals surface area contributed by atoms with E-state index >= 15 is 0 Å². The molecular weight excluding hydrogens is 269 g/mol. The number of hydrogen-bond donors (Lipinski definition) is 1. The Hall–Kier alpha value is -1.37. The quantitative estimate of drug-likeness (QED) is 0.841. The molecule has 0 radical (unpaired) electrons. The van der Waals surface area contributed by atoms with Gasteiger partial charge in [0.05, 0.1) is 5.02 Å². The molecule has 0 heterocycles. The number of anilines is 1. The average molecular weight is 274 g/mol. The van der Waals surface area contributed by atoms with Crippen molar-refractivity contribution in [3.8, 4) is 0 Å². The number of halogens is 6. The van der Waals surface area contributed by atoms with Crippen LogP contribution in [0.4, 0.5) is 27.6 Å². The Balaban J connectivity index is 2.85. The van der Waals surface area contributed by atoms with Gasteiger partial charge in [0.1, 0.15) is 5.82 Å². The van der Waals surface area contributed by atoms with Gasteiger partial charge in [-0.05, 0) is 18.2 Å². The zero-order valence-electron chi connectivity index (χ0n) is 7.99. The normalized spacial score (nSPS) is 11.7. The second-order valence-corrected chi connectivity index (χ2v) is 3.41. The van der Waals surface area contributed by atoms with Gasteiger partial charge in [0.2, 0.25) is 0 Å². The van der Waals surface area contributed by atoms with Gasteiger partial charge in [-0.15, -0.1) is 0 Å². The van der Waals surface area contributed by atoms with Crippen LogP contribution in [0.25, 0.3) is 0 Å². The zero-order chi connectivity index (χ0) is 13.2. The maximum atomic E-state index is 12.7. The molecule has 94 valence electrons. The number of nitrogens with one attached hydrogen (secondary N) is 1. The Morgan fingerprint density at radius 2 is 1.94 bits per heavy atom. The Labute approximate surface area is 97.4 Å². The number of hydrogen-bond acceptors (Lipinski definition) is 1. The van der Waals surface area contributed by atoms with Gasteiger partial charge in [0.15, 0.2) is 0 Å². The van der Waals surface area contributed by atoms with Crippen LogP contribution < -0.4 is 5.32 Å². The van der Waals surface area contributed by atoms with Crippen LogP contribution in [0, 0.1) is 5.82 Å². The van der Waals surface area contributed by atoms with Gasteiger partial charge < -0.3 is 5.32 Å². The molecule has 0 fully saturated rings. The van der Waals surface area contributed by atoms with Crippen LogP contribution in [0.5, 0.6) is 0 Å². The van der Waals surface area contributed by atoms with Gasteiger partial charge in [-0.2, -0.15) is 8.78 Å². The highest BCUT2D eigenvalue weighted by molar-refractivity contribution is 6.31. The fourth-order valence-electron chi connectivity index (χ4n) is 0.887. The van der Waals surface area contributed by atoms with Gasteiger partial charge in [-0.1, -0.05) is 11.6 Å². The lowest BCUT2D eigenvalue weighted by Gasteiger charge is -2.14. The first-order chi connectivity index (χ1) is 7.75. The van der Waals surface area contributed by atoms with Gasteiger partial charge in [-0.25, -0.2) is 13.2 Å². The average Bonchev–Trinajstić information content (AvgIpc) is 2.23. The molecule has 0 bridgehead atoms. The fraction of sp³-hybridized carbons (Fsp3) is 0.222. The molecule has 1 N–H and O–H groups in total. The van der Waals surface area contributed by atoms with Gasteiger partial charge in [0.25, 0.3) is 0 Å². The molecule has 0 unspecified atom stereocenters. The third-order valence-electron chi connectivity index (χ3n) is 1.75. The number of rotatable bonds is 3. The summed E-state index contributed by atoms with van der Waals surface area (Å²) in [4.78, 5) is 10.8. The number of amides is 1. The number of benzene rings is 1. The van der Waals surface area contributed by atoms with Crippen LogP contribution in [0.1, 0.15) is 0 Å². The minimum Gasteiger partial charge on any atom is -0.321 e. The molecule has 1 rings (SSSR count). The molecule has 0 aromatic heterocycles. The highest BCUT2D eigenvalue weighted by atomic mass is 35.5. The van der Waals surface area contributed by atoms with Crippen molar-refractivity contribution in [2.45, 2.75) is 12.3 Å². The lowest BCUT2D eigenvalue weighted by atomic mass is 10.2. The molecule has 0 spiro atoms. The highest BCUT2D eigenvalue weighted by Crippen LogP contribution is 2.26. The third-order valence-corrected chi connectivity index (χ3v) is 2.04. The van der Waals surface area contributed by atoms with Gasteiger partial charge in [0, 0.05) is 5.69 Å². The summed E-state index contributed by atoms with van der Waals surface area (Å²) < 4.78 is 61.4. The smallest absolute Gasteiger partial charge is 0.321 e. The lowest BCUT2D eigenvalue weighted by molar-refractivity contribution is -0.163. The first-order valence-corrected chi connectivity index (χ1v) is 4.55. The van der Waals surface area contributed by atoms with E-state index in [4.69, 9.17) is 11.6 Å². The lowest BCUT2D eigenvalue weighted by Crippen LogP contribution is -2.40. The summed E-state index contributed by atoms with van der Waals surface area (Å²) in [6, 6.07) is 2.55. The molecular formula is C9H5ClF5NO. The van der Waals surface area contributed by atoms with Crippen LogP contribution in [-0.4, -0.2) is 18.3 Å². The number of carbonyl (C=O) groups is 1. The summed E-state index contributed by atoms with van der Waals surface area (Å²) in [6.07, 6.45) is -4.13. The summed E-state index contributed by atoms with van der Waals surface area (Å²) >= 11 is 5.31. The fourth-order valence-corrected chi connectivity index (χ4v) is 1.07. The Bertz CT molecular complexity index is 437. The van der Waals surface area contributed by atoms with Crippen molar-refractivity contribution in [1.29, 1.82) is 0 Å². The summed E-state index contributed by atoms with van der Waals surface area (Å²) in [5.41, 5.74) is -0.304. The highest BCUT2D eigenvalue weighted by Gasteiger charge is 2.48. The van der Waals surface area contributed by atoms with Crippen LogP contribution in [0.3, 0.4) is 0 Å². The molecule has 0 saturated carbocycles. The van der Waals surface area contributed by atoms with E-state index in [-0.39, 0.29) is 5.69 Å². The van der Waals surface area contributed by atoms with Crippen LogP contribution in [-0.2, 0) is 4.79 Å². The van der Waals surface area contributed by atoms with E-state index in [0.29, 0.717) is 0 Å². The predicted octanol–water partition coefficient (Wildman–Crippen LogP) is 3.32. The summed E-state index contributed by atoms with van der Waals surface area (Å²) in [5.74, 6) is -7.83. The molecule has 2 nitrogen and oxygen atoms in total. The number of alkyl halides is 4. The molecule has 8 heteroatoms. The largest absolute Gasteiger partial charge is 0.383 e. The molecule has 0 atom stereocenters. The maximum absolute atomic E-state index is 12.7. The first kappa shape index (κ1) is 13.7. The molecule has 0 aliphatic heterocycles. The molecule has 0 aliphatic rings. The SMILES string of the molecule is O=C(Nc1ccc(F)c(Cl)c1)C(F)(F)C(F)F. The second kappa shape index (κ2) is 4.87. The minimum absolute atomic E-state index is 0.304. The van der Waals surface area contributed by atoms with Crippen LogP contribution in [0.2, 0.25) is 5.02 Å². The molecule has 1 amide bonds. The standard InChI is InChI=1S/C9H5ClF5NO/c10-5-3-4(1-2-6(5)11)16-8(17)9(14,15)7(12)13/h1-3,7H,(H,16,17). The molecule has 0 saturated heterocycles. The molecule has 1 aromatic carbocycles. The van der Waals surface area contributed by atoms with Crippen LogP contribution in [0.15, 0.2) is 18.2 Å². The second-order valence-electron chi connectivity index (χ2n) is 3.01. The van der Waals surface area contributed by atoms with E-state index < -0.39 is 29.1 Å². The van der Waals surface area contributed by atoms with E-state index in [1.54, 1.807) is 0 Å². The van der Waals surface area contributed by atoms with E-state index in [9.17, 15) is 26.7 Å².